The van der Waals surface area contributed by atoms with Crippen molar-refractivity contribution in [2.45, 2.75) is 6.36 Å². The molecule has 0 bridgehead atoms. The summed E-state index contributed by atoms with van der Waals surface area (Å²) in [5.74, 6) is 2.13. The zero-order chi connectivity index (χ0) is 22.1. The van der Waals surface area contributed by atoms with Gasteiger partial charge in [-0.1, -0.05) is 30.3 Å². The van der Waals surface area contributed by atoms with Gasteiger partial charge in [0.1, 0.15) is 5.75 Å². The summed E-state index contributed by atoms with van der Waals surface area (Å²) in [6, 6.07) is 13.6. The maximum absolute atomic E-state index is 12.5. The van der Waals surface area contributed by atoms with Crippen molar-refractivity contribution in [3.63, 3.8) is 0 Å². The second kappa shape index (κ2) is 8.01. The molecule has 12 heteroatoms. The first-order chi connectivity index (χ1) is 14.7. The molecule has 2 N–H and O–H groups in total. The first-order valence-electron chi connectivity index (χ1n) is 8.57. The molecule has 3 aromatic rings. The Hall–Kier alpha value is -3.43. The van der Waals surface area contributed by atoms with Crippen LogP contribution in [-0.2, 0) is 10.2 Å². The van der Waals surface area contributed by atoms with Crippen molar-refractivity contribution >= 4 is 49.6 Å². The number of fused-ring (bicyclic) bond motifs is 1. The molecule has 1 aliphatic rings. The molecule has 7 nitrogen and oxygen atoms in total. The largest absolute Gasteiger partial charge is 0.573 e. The standard InChI is InChI=1S/C19H11F3N4O3S2/c20-19(21,22)29-14-5-1-4-13(11-14)15-8-7-12-3-2-6-16(17(12)24-15)25-31(27,28)26-18-23-9-10-30-18/h1-8,10-11,25H/p+1. The van der Waals surface area contributed by atoms with Crippen LogP contribution in [0, 0.1) is 0 Å². The van der Waals surface area contributed by atoms with E-state index in [-0.39, 0.29) is 16.6 Å². The third-order valence-electron chi connectivity index (χ3n) is 3.94. The number of amidine groups is 1. The molecule has 0 spiro atoms. The van der Waals surface area contributed by atoms with Gasteiger partial charge >= 0.3 is 21.7 Å². The fourth-order valence-electron chi connectivity index (χ4n) is 2.77. The van der Waals surface area contributed by atoms with Gasteiger partial charge in [-0.05, 0) is 24.3 Å². The molecule has 0 unspecified atom stereocenters. The van der Waals surface area contributed by atoms with Crippen LogP contribution in [0.2, 0.25) is 0 Å². The number of alkyl halides is 3. The number of nitrogens with zero attached hydrogens (tertiary/aromatic N) is 2. The Bertz CT molecular complexity index is 1380. The SMILES string of the molecule is O=S(=O)(NC1=[N+]=C=CS1)Nc1cccc2ccc(-c3cccc(OC(F)(F)F)c3)nc12. The van der Waals surface area contributed by atoms with Crippen LogP contribution < -0.4 is 18.8 Å². The highest BCUT2D eigenvalue weighted by Crippen LogP contribution is 2.30. The van der Waals surface area contributed by atoms with Gasteiger partial charge in [-0.15, -0.1) is 22.6 Å². The summed E-state index contributed by atoms with van der Waals surface area (Å²) in [6.07, 6.45) is -4.82. The van der Waals surface area contributed by atoms with E-state index >= 15 is 0 Å². The van der Waals surface area contributed by atoms with Gasteiger partial charge < -0.3 is 4.74 Å². The summed E-state index contributed by atoms with van der Waals surface area (Å²) in [5.41, 5.74) is 1.22. The van der Waals surface area contributed by atoms with Gasteiger partial charge in [-0.3, -0.25) is 0 Å². The summed E-state index contributed by atoms with van der Waals surface area (Å²) in [6.45, 7) is 0. The molecular formula is C19H12F3N4O3S2+. The smallest absolute Gasteiger partial charge is 0.406 e. The normalized spacial score (nSPS) is 13.3. The summed E-state index contributed by atoms with van der Waals surface area (Å²) >= 11 is 1.06. The molecule has 0 amide bonds. The topological polar surface area (TPSA) is 94.4 Å². The Kier molecular flexibility index (Phi) is 5.38. The minimum atomic E-state index is -4.82. The van der Waals surface area contributed by atoms with E-state index in [0.29, 0.717) is 22.2 Å². The second-order valence-electron chi connectivity index (χ2n) is 6.14. The molecule has 1 aliphatic heterocycles. The van der Waals surface area contributed by atoms with Gasteiger partial charge in [-0.25, -0.2) is 9.71 Å². The van der Waals surface area contributed by atoms with Crippen LogP contribution >= 0.6 is 11.8 Å². The van der Waals surface area contributed by atoms with Gasteiger partial charge in [0, 0.05) is 22.7 Å². The van der Waals surface area contributed by atoms with Crippen molar-refractivity contribution < 1.29 is 26.3 Å². The third kappa shape index (κ3) is 5.19. The third-order valence-corrected chi connectivity index (χ3v) is 5.66. The maximum Gasteiger partial charge on any atom is 0.573 e. The van der Waals surface area contributed by atoms with E-state index in [4.69, 9.17) is 0 Å². The average molecular weight is 465 g/mol. The lowest BCUT2D eigenvalue weighted by Gasteiger charge is -2.11. The summed E-state index contributed by atoms with van der Waals surface area (Å²) in [4.78, 5) is 4.45. The predicted octanol–water partition coefficient (Wildman–Crippen LogP) is 3.40. The van der Waals surface area contributed by atoms with Gasteiger partial charge in [0.15, 0.2) is 5.87 Å². The van der Waals surface area contributed by atoms with E-state index in [9.17, 15) is 21.6 Å². The number of anilines is 1. The van der Waals surface area contributed by atoms with Crippen molar-refractivity contribution in [2.24, 2.45) is 0 Å². The van der Waals surface area contributed by atoms with Gasteiger partial charge in [-0.2, -0.15) is 8.42 Å². The molecule has 158 valence electrons. The highest BCUT2D eigenvalue weighted by atomic mass is 32.2. The quantitative estimate of drug-likeness (QED) is 0.564. The van der Waals surface area contributed by atoms with Crippen molar-refractivity contribution in [1.29, 1.82) is 0 Å². The first kappa shape index (κ1) is 20.8. The van der Waals surface area contributed by atoms with Crippen LogP contribution in [0.1, 0.15) is 0 Å². The molecule has 0 aliphatic carbocycles. The Balaban J connectivity index is 1.69. The van der Waals surface area contributed by atoms with Crippen LogP contribution in [0.4, 0.5) is 18.9 Å². The van der Waals surface area contributed by atoms with Crippen LogP contribution in [0.15, 0.2) is 60.0 Å². The summed E-state index contributed by atoms with van der Waals surface area (Å²) < 4.78 is 74.8. The van der Waals surface area contributed by atoms with E-state index < -0.39 is 16.6 Å². The lowest BCUT2D eigenvalue weighted by molar-refractivity contribution is -0.274. The number of halogens is 3. The summed E-state index contributed by atoms with van der Waals surface area (Å²) in [7, 11) is -4.01. The van der Waals surface area contributed by atoms with Gasteiger partial charge in [0.2, 0.25) is 0 Å². The molecule has 0 atom stereocenters. The van der Waals surface area contributed by atoms with Crippen LogP contribution in [0.5, 0.6) is 5.75 Å². The molecule has 2 aromatic carbocycles. The molecular weight excluding hydrogens is 453 g/mol. The number of pyridine rings is 1. The number of aromatic nitrogens is 1. The van der Waals surface area contributed by atoms with E-state index in [1.165, 1.54) is 29.7 Å². The van der Waals surface area contributed by atoms with Crippen LogP contribution in [0.25, 0.3) is 22.2 Å². The number of benzene rings is 2. The predicted molar refractivity (Wildman–Crippen MR) is 114 cm³/mol. The van der Waals surface area contributed by atoms with E-state index in [2.05, 4.69) is 29.7 Å². The molecule has 2 heterocycles. The fourth-order valence-corrected chi connectivity index (χ4v) is 4.39. The molecule has 4 rings (SSSR count). The molecule has 0 fully saturated rings. The average Bonchev–Trinajstić information content (AvgIpc) is 3.19. The van der Waals surface area contributed by atoms with Crippen molar-refractivity contribution in [1.82, 2.24) is 14.4 Å². The van der Waals surface area contributed by atoms with Crippen LogP contribution in [0.3, 0.4) is 0 Å². The van der Waals surface area contributed by atoms with Crippen molar-refractivity contribution in [3.05, 3.63) is 60.0 Å². The lowest BCUT2D eigenvalue weighted by atomic mass is 10.1. The number of ether oxygens (including phenoxy) is 1. The van der Waals surface area contributed by atoms with Crippen LogP contribution in [-0.4, -0.2) is 30.8 Å². The maximum atomic E-state index is 12.5. The van der Waals surface area contributed by atoms with Crippen molar-refractivity contribution in [3.8, 4) is 17.0 Å². The molecule has 1 aromatic heterocycles. The lowest BCUT2D eigenvalue weighted by Crippen LogP contribution is -2.34. The Morgan fingerprint density at radius 1 is 1.06 bits per heavy atom. The zero-order valence-corrected chi connectivity index (χ0v) is 17.0. The summed E-state index contributed by atoms with van der Waals surface area (Å²) in [5, 5.41) is 2.28. The molecule has 0 saturated heterocycles. The second-order valence-corrected chi connectivity index (χ2v) is 8.41. The van der Waals surface area contributed by atoms with Gasteiger partial charge in [0.25, 0.3) is 0 Å². The minimum absolute atomic E-state index is 0.142. The Labute approximate surface area is 178 Å². The number of rotatable bonds is 5. The van der Waals surface area contributed by atoms with Gasteiger partial charge in [0.05, 0.1) is 22.3 Å². The molecule has 0 radical (unpaired) electrons. The Morgan fingerprint density at radius 3 is 2.61 bits per heavy atom. The number of para-hydroxylation sites is 1. The van der Waals surface area contributed by atoms with E-state index in [1.807, 2.05) is 0 Å². The monoisotopic (exact) mass is 465 g/mol. The van der Waals surface area contributed by atoms with E-state index in [1.54, 1.807) is 30.3 Å². The number of hydrogen-bond acceptors (Lipinski definition) is 5. The minimum Gasteiger partial charge on any atom is -0.406 e. The van der Waals surface area contributed by atoms with Crippen molar-refractivity contribution in [2.75, 3.05) is 4.72 Å². The number of nitrogens with one attached hydrogen (secondary N) is 2. The zero-order valence-electron chi connectivity index (χ0n) is 15.3. The Morgan fingerprint density at radius 2 is 1.87 bits per heavy atom. The van der Waals surface area contributed by atoms with E-state index in [0.717, 1.165) is 11.8 Å². The highest BCUT2D eigenvalue weighted by Gasteiger charge is 2.31. The fraction of sp³-hybridized carbons (Fsp3) is 0.0526. The molecule has 31 heavy (non-hydrogen) atoms. The number of thioether (sulfide) groups is 1. The first-order valence-corrected chi connectivity index (χ1v) is 10.9. The highest BCUT2D eigenvalue weighted by molar-refractivity contribution is 8.17. The molecule has 0 saturated carbocycles. The number of hydrogen-bond donors (Lipinski definition) is 2.